The zero-order chi connectivity index (χ0) is 17.9. The van der Waals surface area contributed by atoms with Crippen molar-refractivity contribution >= 4 is 11.8 Å². The molecule has 1 saturated heterocycles. The zero-order valence-electron chi connectivity index (χ0n) is 13.7. The van der Waals surface area contributed by atoms with E-state index in [-0.39, 0.29) is 17.7 Å². The lowest BCUT2D eigenvalue weighted by atomic mass is 10.2. The van der Waals surface area contributed by atoms with Crippen LogP contribution in [-0.4, -0.2) is 62.9 Å². The SMILES string of the molecule is O=C(c1ccco1)N1CCN(C(=O)c2nc(-c3cccnc3)no2)CC1. The molecule has 4 rings (SSSR count). The van der Waals surface area contributed by atoms with Crippen molar-refractivity contribution in [2.24, 2.45) is 0 Å². The third-order valence-corrected chi connectivity index (χ3v) is 4.11. The number of hydrogen-bond acceptors (Lipinski definition) is 7. The summed E-state index contributed by atoms with van der Waals surface area (Å²) in [5.74, 6) is 0.00188. The summed E-state index contributed by atoms with van der Waals surface area (Å²) < 4.78 is 10.2. The number of rotatable bonds is 3. The van der Waals surface area contributed by atoms with E-state index >= 15 is 0 Å². The maximum atomic E-state index is 12.5. The molecule has 0 N–H and O–H groups in total. The summed E-state index contributed by atoms with van der Waals surface area (Å²) in [6.07, 6.45) is 4.69. The van der Waals surface area contributed by atoms with E-state index in [0.29, 0.717) is 43.3 Å². The van der Waals surface area contributed by atoms with Gasteiger partial charge in [-0.3, -0.25) is 14.6 Å². The number of aromatic nitrogens is 3. The summed E-state index contributed by atoms with van der Waals surface area (Å²) in [6, 6.07) is 6.83. The van der Waals surface area contributed by atoms with Gasteiger partial charge in [-0.15, -0.1) is 0 Å². The number of piperazine rings is 1. The first-order valence-electron chi connectivity index (χ1n) is 8.08. The summed E-state index contributed by atoms with van der Waals surface area (Å²) in [7, 11) is 0. The van der Waals surface area contributed by atoms with Gasteiger partial charge in [-0.05, 0) is 24.3 Å². The molecule has 26 heavy (non-hydrogen) atoms. The van der Waals surface area contributed by atoms with Crippen molar-refractivity contribution < 1.29 is 18.5 Å². The topological polar surface area (TPSA) is 106 Å². The van der Waals surface area contributed by atoms with Gasteiger partial charge in [-0.2, -0.15) is 4.98 Å². The molecule has 0 saturated carbocycles. The highest BCUT2D eigenvalue weighted by atomic mass is 16.5. The molecule has 132 valence electrons. The fraction of sp³-hybridized carbons (Fsp3) is 0.235. The zero-order valence-corrected chi connectivity index (χ0v) is 13.7. The Morgan fingerprint density at radius 3 is 2.42 bits per heavy atom. The predicted octanol–water partition coefficient (Wildman–Crippen LogP) is 1.32. The maximum Gasteiger partial charge on any atom is 0.316 e. The molecule has 0 radical (unpaired) electrons. The van der Waals surface area contributed by atoms with Crippen LogP contribution in [0.2, 0.25) is 0 Å². The van der Waals surface area contributed by atoms with Crippen LogP contribution in [0.5, 0.6) is 0 Å². The Labute approximate surface area is 148 Å². The molecule has 0 bridgehead atoms. The normalized spacial score (nSPS) is 14.5. The third kappa shape index (κ3) is 3.06. The van der Waals surface area contributed by atoms with Gasteiger partial charge in [0.2, 0.25) is 5.82 Å². The van der Waals surface area contributed by atoms with E-state index in [4.69, 9.17) is 8.94 Å². The van der Waals surface area contributed by atoms with Crippen LogP contribution in [0.25, 0.3) is 11.4 Å². The molecule has 1 aliphatic heterocycles. The van der Waals surface area contributed by atoms with Crippen LogP contribution < -0.4 is 0 Å². The van der Waals surface area contributed by atoms with Crippen LogP contribution in [-0.2, 0) is 0 Å². The highest BCUT2D eigenvalue weighted by molar-refractivity contribution is 5.92. The Morgan fingerprint density at radius 1 is 1.00 bits per heavy atom. The molecule has 1 fully saturated rings. The van der Waals surface area contributed by atoms with Gasteiger partial charge in [0, 0.05) is 44.1 Å². The van der Waals surface area contributed by atoms with Crippen molar-refractivity contribution in [3.63, 3.8) is 0 Å². The first kappa shape index (κ1) is 16.0. The van der Waals surface area contributed by atoms with E-state index in [1.807, 2.05) is 0 Å². The molecular weight excluding hydrogens is 338 g/mol. The average molecular weight is 353 g/mol. The van der Waals surface area contributed by atoms with Gasteiger partial charge in [-0.1, -0.05) is 5.16 Å². The van der Waals surface area contributed by atoms with Gasteiger partial charge in [0.15, 0.2) is 5.76 Å². The molecule has 0 spiro atoms. The van der Waals surface area contributed by atoms with Gasteiger partial charge in [0.1, 0.15) is 0 Å². The number of carbonyl (C=O) groups is 2. The predicted molar refractivity (Wildman–Crippen MR) is 88.0 cm³/mol. The number of hydrogen-bond donors (Lipinski definition) is 0. The maximum absolute atomic E-state index is 12.5. The monoisotopic (exact) mass is 353 g/mol. The molecule has 0 unspecified atom stereocenters. The second-order valence-electron chi connectivity index (χ2n) is 5.73. The lowest BCUT2D eigenvalue weighted by Gasteiger charge is -2.33. The quantitative estimate of drug-likeness (QED) is 0.699. The van der Waals surface area contributed by atoms with Crippen molar-refractivity contribution in [3.05, 3.63) is 54.6 Å². The minimum Gasteiger partial charge on any atom is -0.459 e. The van der Waals surface area contributed by atoms with Gasteiger partial charge in [0.05, 0.1) is 6.26 Å². The van der Waals surface area contributed by atoms with Crippen molar-refractivity contribution in [1.29, 1.82) is 0 Å². The van der Waals surface area contributed by atoms with E-state index < -0.39 is 0 Å². The minimum atomic E-state index is -0.349. The number of carbonyl (C=O) groups excluding carboxylic acids is 2. The summed E-state index contributed by atoms with van der Waals surface area (Å²) in [4.78, 5) is 36.2. The highest BCUT2D eigenvalue weighted by Crippen LogP contribution is 2.16. The van der Waals surface area contributed by atoms with Crippen LogP contribution in [0.1, 0.15) is 21.2 Å². The summed E-state index contributed by atoms with van der Waals surface area (Å²) >= 11 is 0. The van der Waals surface area contributed by atoms with E-state index in [9.17, 15) is 9.59 Å². The summed E-state index contributed by atoms with van der Waals surface area (Å²) in [5, 5.41) is 3.83. The lowest BCUT2D eigenvalue weighted by molar-refractivity contribution is 0.0493. The highest BCUT2D eigenvalue weighted by Gasteiger charge is 2.29. The van der Waals surface area contributed by atoms with E-state index in [1.165, 1.54) is 6.26 Å². The Kier molecular flexibility index (Phi) is 4.18. The Hall–Kier alpha value is -3.49. The number of pyridine rings is 1. The smallest absolute Gasteiger partial charge is 0.316 e. The van der Waals surface area contributed by atoms with E-state index in [0.717, 1.165) is 0 Å². The van der Waals surface area contributed by atoms with Crippen LogP contribution in [0.15, 0.2) is 51.9 Å². The molecular formula is C17H15N5O4. The fourth-order valence-corrected chi connectivity index (χ4v) is 2.73. The largest absolute Gasteiger partial charge is 0.459 e. The molecule has 0 aromatic carbocycles. The fourth-order valence-electron chi connectivity index (χ4n) is 2.73. The van der Waals surface area contributed by atoms with Crippen molar-refractivity contribution in [2.75, 3.05) is 26.2 Å². The minimum absolute atomic E-state index is 0.0744. The van der Waals surface area contributed by atoms with Crippen molar-refractivity contribution in [2.45, 2.75) is 0 Å². The average Bonchev–Trinajstić information content (AvgIpc) is 3.40. The van der Waals surface area contributed by atoms with Gasteiger partial charge >= 0.3 is 11.8 Å². The molecule has 3 aromatic heterocycles. The van der Waals surface area contributed by atoms with Gasteiger partial charge < -0.3 is 18.7 Å². The standard InChI is InChI=1S/C17H15N5O4/c23-16(13-4-2-10-25-13)21-6-8-22(9-7-21)17(24)15-19-14(20-26-15)12-3-1-5-18-11-12/h1-5,10-11H,6-9H2. The first-order chi connectivity index (χ1) is 12.7. The molecule has 1 aliphatic rings. The second kappa shape index (κ2) is 6.79. The van der Waals surface area contributed by atoms with Gasteiger partial charge in [0.25, 0.3) is 5.91 Å². The van der Waals surface area contributed by atoms with E-state index in [1.54, 1.807) is 46.5 Å². The summed E-state index contributed by atoms with van der Waals surface area (Å²) in [5.41, 5.74) is 0.671. The third-order valence-electron chi connectivity index (χ3n) is 4.11. The van der Waals surface area contributed by atoms with Crippen LogP contribution in [0.4, 0.5) is 0 Å². The number of furan rings is 1. The molecule has 9 heteroatoms. The molecule has 0 atom stereocenters. The molecule has 2 amide bonds. The van der Waals surface area contributed by atoms with Crippen LogP contribution in [0.3, 0.4) is 0 Å². The molecule has 0 aliphatic carbocycles. The first-order valence-corrected chi connectivity index (χ1v) is 8.08. The molecule has 9 nitrogen and oxygen atoms in total. The molecule has 3 aromatic rings. The Balaban J connectivity index is 1.40. The Morgan fingerprint density at radius 2 is 1.77 bits per heavy atom. The number of nitrogens with zero attached hydrogens (tertiary/aromatic N) is 5. The van der Waals surface area contributed by atoms with Gasteiger partial charge in [-0.25, -0.2) is 0 Å². The van der Waals surface area contributed by atoms with Crippen LogP contribution in [0, 0.1) is 0 Å². The molecule has 4 heterocycles. The lowest BCUT2D eigenvalue weighted by Crippen LogP contribution is -2.50. The van der Waals surface area contributed by atoms with Crippen molar-refractivity contribution in [1.82, 2.24) is 24.9 Å². The summed E-state index contributed by atoms with van der Waals surface area (Å²) in [6.45, 7) is 1.59. The Bertz CT molecular complexity index is 898. The van der Waals surface area contributed by atoms with Crippen molar-refractivity contribution in [3.8, 4) is 11.4 Å². The number of amides is 2. The van der Waals surface area contributed by atoms with Crippen LogP contribution >= 0.6 is 0 Å². The van der Waals surface area contributed by atoms with E-state index in [2.05, 4.69) is 15.1 Å². The second-order valence-corrected chi connectivity index (χ2v) is 5.73.